The molecule has 2 unspecified atom stereocenters. The molecule has 2 aliphatic rings. The van der Waals surface area contributed by atoms with Crippen molar-refractivity contribution in [1.82, 2.24) is 35.2 Å². The second-order valence-electron chi connectivity index (χ2n) is 11.3. The second-order valence-corrected chi connectivity index (χ2v) is 11.3. The quantitative estimate of drug-likeness (QED) is 0.271. The molecule has 3 N–H and O–H groups in total. The molecule has 2 fully saturated rings. The lowest BCUT2D eigenvalue weighted by Crippen LogP contribution is -2.36. The Morgan fingerprint density at radius 1 is 0.800 bits per heavy atom. The third kappa shape index (κ3) is 6.45. The number of halogens is 7. The van der Waals surface area contributed by atoms with Gasteiger partial charge in [-0.1, -0.05) is 0 Å². The Labute approximate surface area is 258 Å². The molecule has 0 aromatic carbocycles. The van der Waals surface area contributed by atoms with Gasteiger partial charge >= 0.3 is 12.4 Å². The van der Waals surface area contributed by atoms with Gasteiger partial charge in [-0.25, -0.2) is 19.9 Å². The summed E-state index contributed by atoms with van der Waals surface area (Å²) in [4.78, 5) is 36.3. The fraction of sp³-hybridized carbons (Fsp3) is 0.345. The van der Waals surface area contributed by atoms with Crippen LogP contribution in [0.25, 0.3) is 22.5 Å². The van der Waals surface area contributed by atoms with Crippen LogP contribution in [-0.4, -0.2) is 48.4 Å². The monoisotopic (exact) mass is 650 g/mol. The van der Waals surface area contributed by atoms with Crippen molar-refractivity contribution in [1.29, 1.82) is 0 Å². The number of rotatable bonds is 7. The van der Waals surface area contributed by atoms with E-state index in [1.165, 1.54) is 24.8 Å². The molecule has 45 heavy (non-hydrogen) atoms. The van der Waals surface area contributed by atoms with Crippen LogP contribution >= 0.6 is 12.4 Å². The van der Waals surface area contributed by atoms with Crippen LogP contribution in [0.2, 0.25) is 0 Å². The van der Waals surface area contributed by atoms with Crippen molar-refractivity contribution < 1.29 is 31.1 Å². The third-order valence-corrected chi connectivity index (χ3v) is 8.49. The number of nitrogens with two attached hydrogens (primary N) is 1. The van der Waals surface area contributed by atoms with Crippen molar-refractivity contribution in [3.05, 3.63) is 84.2 Å². The Bertz CT molecular complexity index is 1600. The first kappa shape index (κ1) is 32.2. The number of pyridine rings is 2. The average Bonchev–Trinajstić information content (AvgIpc) is 3.32. The van der Waals surface area contributed by atoms with Crippen LogP contribution in [0.4, 0.5) is 26.3 Å². The van der Waals surface area contributed by atoms with Crippen molar-refractivity contribution in [3.63, 3.8) is 0 Å². The van der Waals surface area contributed by atoms with Crippen LogP contribution in [0.1, 0.15) is 35.6 Å². The number of hydrogen-bond donors (Lipinski definition) is 2. The van der Waals surface area contributed by atoms with E-state index in [4.69, 9.17) is 5.73 Å². The van der Waals surface area contributed by atoms with Gasteiger partial charge in [0.25, 0.3) is 0 Å². The lowest BCUT2D eigenvalue weighted by Gasteiger charge is -2.22. The highest BCUT2D eigenvalue weighted by molar-refractivity contribution is 5.85. The maximum absolute atomic E-state index is 13.0. The summed E-state index contributed by atoms with van der Waals surface area (Å²) >= 11 is 0. The zero-order chi connectivity index (χ0) is 31.3. The summed E-state index contributed by atoms with van der Waals surface area (Å²) in [5.74, 6) is -0.457. The van der Waals surface area contributed by atoms with Gasteiger partial charge in [-0.2, -0.15) is 26.3 Å². The van der Waals surface area contributed by atoms with E-state index < -0.39 is 41.1 Å². The average molecular weight is 651 g/mol. The first-order valence-electron chi connectivity index (χ1n) is 13.5. The maximum atomic E-state index is 13.0. The summed E-state index contributed by atoms with van der Waals surface area (Å²) in [5, 5.41) is 3.20. The molecular formula is C29H25ClF6N8O. The molecule has 1 aliphatic carbocycles. The predicted octanol–water partition coefficient (Wildman–Crippen LogP) is 4.86. The minimum atomic E-state index is -4.57. The Kier molecular flexibility index (Phi) is 8.29. The number of aromatic nitrogens is 6. The first-order valence-corrected chi connectivity index (χ1v) is 13.5. The van der Waals surface area contributed by atoms with E-state index in [1.54, 1.807) is 12.1 Å². The highest BCUT2D eigenvalue weighted by atomic mass is 35.5. The highest BCUT2D eigenvalue weighted by Gasteiger charge is 2.69. The second kappa shape index (κ2) is 11.6. The summed E-state index contributed by atoms with van der Waals surface area (Å²) in [6, 6.07) is 7.27. The van der Waals surface area contributed by atoms with Crippen LogP contribution in [0.15, 0.2) is 61.4 Å². The number of alkyl halides is 6. The topological polar surface area (TPSA) is 132 Å². The summed E-state index contributed by atoms with van der Waals surface area (Å²) in [6.45, 7) is 0.530. The van der Waals surface area contributed by atoms with E-state index in [-0.39, 0.29) is 17.8 Å². The zero-order valence-electron chi connectivity index (χ0n) is 23.2. The molecule has 0 radical (unpaired) electrons. The smallest absolute Gasteiger partial charge is 0.368 e. The molecule has 0 bridgehead atoms. The van der Waals surface area contributed by atoms with Gasteiger partial charge in [0.15, 0.2) is 0 Å². The molecule has 236 valence electrons. The number of primary amides is 1. The molecular weight excluding hydrogens is 626 g/mol. The van der Waals surface area contributed by atoms with Crippen molar-refractivity contribution in [2.24, 2.45) is 16.6 Å². The van der Waals surface area contributed by atoms with Crippen LogP contribution < -0.4 is 11.1 Å². The van der Waals surface area contributed by atoms with E-state index >= 15 is 0 Å². The molecule has 2 atom stereocenters. The molecule has 4 aromatic heterocycles. The lowest BCUT2D eigenvalue weighted by atomic mass is 9.82. The Morgan fingerprint density at radius 3 is 1.67 bits per heavy atom. The van der Waals surface area contributed by atoms with Crippen molar-refractivity contribution >= 4 is 18.3 Å². The molecule has 6 rings (SSSR count). The number of nitrogens with one attached hydrogen (secondary N) is 1. The first-order chi connectivity index (χ1) is 20.8. The van der Waals surface area contributed by atoms with E-state index in [9.17, 15) is 31.1 Å². The standard InChI is InChI=1S/C29H24F6N8O.ClH/c30-28(31,32)23-3-1-16(10-37-23)20-5-18(40-14-42-20)7-26(12-27(26)9-22(25(36)44)39-13-27)8-19-6-21(43-15-41-19)17-2-4-24(38-11-17)29(33,34)35;/h1-6,10-11,14-15,22,39H,7-9,12-13H2,(H2,36,44);1H. The number of amides is 1. The van der Waals surface area contributed by atoms with E-state index in [1.807, 2.05) is 0 Å². The molecule has 16 heteroatoms. The lowest BCUT2D eigenvalue weighted by molar-refractivity contribution is -0.141. The van der Waals surface area contributed by atoms with E-state index in [0.29, 0.717) is 66.1 Å². The molecule has 4 aromatic rings. The molecule has 1 amide bonds. The molecule has 9 nitrogen and oxygen atoms in total. The van der Waals surface area contributed by atoms with Gasteiger partial charge in [0.2, 0.25) is 5.91 Å². The van der Waals surface area contributed by atoms with Crippen molar-refractivity contribution in [3.8, 4) is 22.5 Å². The number of nitrogens with zero attached hydrogens (tertiary/aromatic N) is 6. The zero-order valence-corrected chi connectivity index (χ0v) is 24.0. The molecule has 5 heterocycles. The van der Waals surface area contributed by atoms with Crippen LogP contribution in [-0.2, 0) is 30.0 Å². The van der Waals surface area contributed by atoms with Gasteiger partial charge in [0, 0.05) is 41.5 Å². The van der Waals surface area contributed by atoms with Gasteiger partial charge < -0.3 is 11.1 Å². The van der Waals surface area contributed by atoms with Gasteiger partial charge in [-0.15, -0.1) is 12.4 Å². The fourth-order valence-electron chi connectivity index (χ4n) is 6.18. The summed E-state index contributed by atoms with van der Waals surface area (Å²) in [5.41, 5.74) is 5.68. The van der Waals surface area contributed by atoms with Crippen molar-refractivity contribution in [2.75, 3.05) is 6.54 Å². The third-order valence-electron chi connectivity index (χ3n) is 8.49. The van der Waals surface area contributed by atoms with Gasteiger partial charge in [0.05, 0.1) is 17.4 Å². The van der Waals surface area contributed by atoms with E-state index in [0.717, 1.165) is 24.5 Å². The largest absolute Gasteiger partial charge is 0.433 e. The van der Waals surface area contributed by atoms with Gasteiger partial charge in [0.1, 0.15) is 24.0 Å². The summed E-state index contributed by atoms with van der Waals surface area (Å²) in [6.07, 6.45) is -2.15. The summed E-state index contributed by atoms with van der Waals surface area (Å²) < 4.78 is 77.9. The molecule has 1 saturated heterocycles. The summed E-state index contributed by atoms with van der Waals surface area (Å²) in [7, 11) is 0. The van der Waals surface area contributed by atoms with Gasteiger partial charge in [-0.3, -0.25) is 14.8 Å². The molecule has 1 aliphatic heterocycles. The van der Waals surface area contributed by atoms with Crippen LogP contribution in [0, 0.1) is 10.8 Å². The molecule has 1 spiro atoms. The van der Waals surface area contributed by atoms with Crippen LogP contribution in [0.5, 0.6) is 0 Å². The Morgan fingerprint density at radius 2 is 1.29 bits per heavy atom. The van der Waals surface area contributed by atoms with Crippen LogP contribution in [0.3, 0.4) is 0 Å². The SMILES string of the molecule is Cl.NC(=O)C1CC2(CN1)CC2(Cc1cc(-c2ccc(C(F)(F)F)nc2)ncn1)Cc1cc(-c2ccc(C(F)(F)F)nc2)ncn1. The Hall–Kier alpha value is -4.24. The van der Waals surface area contributed by atoms with Crippen molar-refractivity contribution in [2.45, 2.75) is 44.1 Å². The maximum Gasteiger partial charge on any atom is 0.433 e. The van der Waals surface area contributed by atoms with E-state index in [2.05, 4.69) is 35.2 Å². The predicted molar refractivity (Wildman–Crippen MR) is 150 cm³/mol. The fourth-order valence-corrected chi connectivity index (χ4v) is 6.18. The number of carbonyl (C=O) groups excluding carboxylic acids is 1. The van der Waals surface area contributed by atoms with Gasteiger partial charge in [-0.05, 0) is 72.9 Å². The Balaban J connectivity index is 0.00000400. The highest BCUT2D eigenvalue weighted by Crippen LogP contribution is 2.70. The number of hydrogen-bond acceptors (Lipinski definition) is 8. The minimum Gasteiger partial charge on any atom is -0.368 e. The molecule has 1 saturated carbocycles. The number of carbonyl (C=O) groups is 1. The normalized spacial score (nSPS) is 20.5. The minimum absolute atomic E-state index is 0.